The number of fused-ring (bicyclic) bond motifs is 3. The average Bonchev–Trinajstić information content (AvgIpc) is 3.00. The largest absolute Gasteiger partial charge is 0.481 e. The Kier molecular flexibility index (Phi) is 6.66. The Hall–Kier alpha value is -3.48. The summed E-state index contributed by atoms with van der Waals surface area (Å²) in [5.74, 6) is -0.799. The molecular formula is C28H20ClFN2O2S. The number of hydrogen-bond acceptors (Lipinski definition) is 4. The number of aromatic nitrogens is 1. The Balaban J connectivity index is 1.54. The van der Waals surface area contributed by atoms with Crippen LogP contribution in [0.25, 0.3) is 34.0 Å². The summed E-state index contributed by atoms with van der Waals surface area (Å²) in [5.41, 5.74) is 4.27. The lowest BCUT2D eigenvalue weighted by molar-refractivity contribution is -0.136. The van der Waals surface area contributed by atoms with E-state index in [1.165, 1.54) is 12.1 Å². The molecule has 0 unspecified atom stereocenters. The number of thioether (sulfide) groups is 1. The fraction of sp³-hybridized carbons (Fsp3) is 0.107. The number of carbonyl (C=O) groups is 1. The number of benzene rings is 2. The van der Waals surface area contributed by atoms with Gasteiger partial charge in [-0.3, -0.25) is 9.79 Å². The van der Waals surface area contributed by atoms with Crippen LogP contribution >= 0.6 is 23.4 Å². The monoisotopic (exact) mass is 502 g/mol. The number of carboxylic acids is 1. The number of pyridine rings is 1. The topological polar surface area (TPSA) is 62.5 Å². The number of dihydropyridines is 1. The third-order valence-corrected chi connectivity index (χ3v) is 7.11. The first-order valence-corrected chi connectivity index (χ1v) is 12.4. The van der Waals surface area contributed by atoms with Crippen molar-refractivity contribution in [3.63, 3.8) is 0 Å². The fourth-order valence-electron chi connectivity index (χ4n) is 3.97. The number of aliphatic carboxylic acids is 1. The van der Waals surface area contributed by atoms with Gasteiger partial charge in [-0.15, -0.1) is 11.8 Å². The predicted molar refractivity (Wildman–Crippen MR) is 143 cm³/mol. The van der Waals surface area contributed by atoms with Crippen molar-refractivity contribution in [1.82, 2.24) is 4.98 Å². The van der Waals surface area contributed by atoms with Gasteiger partial charge in [-0.05, 0) is 52.4 Å². The first-order chi connectivity index (χ1) is 17.0. The SMILES string of the molecule is O=C(O)CCSC1=c2cc(/C=C/c3ccc4cc(F)c(Cl)cc4n3)ccc2=CC=C2N=CCC=C21. The molecule has 4 nitrogen and oxygen atoms in total. The van der Waals surface area contributed by atoms with E-state index in [0.717, 1.165) is 44.3 Å². The van der Waals surface area contributed by atoms with Gasteiger partial charge in [-0.1, -0.05) is 48.0 Å². The minimum absolute atomic E-state index is 0.0472. The van der Waals surface area contributed by atoms with Crippen molar-refractivity contribution >= 4 is 69.6 Å². The molecule has 0 bridgehead atoms. The predicted octanol–water partition coefficient (Wildman–Crippen LogP) is 5.59. The summed E-state index contributed by atoms with van der Waals surface area (Å²) in [6.45, 7) is 0. The Bertz CT molecular complexity index is 1610. The van der Waals surface area contributed by atoms with Gasteiger partial charge >= 0.3 is 5.97 Å². The van der Waals surface area contributed by atoms with Crippen LogP contribution in [0.5, 0.6) is 0 Å². The van der Waals surface area contributed by atoms with Gasteiger partial charge in [0.25, 0.3) is 0 Å². The van der Waals surface area contributed by atoms with Gasteiger partial charge < -0.3 is 5.11 Å². The number of rotatable bonds is 6. The van der Waals surface area contributed by atoms with Gasteiger partial charge in [0.15, 0.2) is 0 Å². The number of nitrogens with zero attached hydrogens (tertiary/aromatic N) is 2. The highest BCUT2D eigenvalue weighted by Crippen LogP contribution is 2.33. The molecule has 2 heterocycles. The molecule has 0 saturated heterocycles. The molecule has 35 heavy (non-hydrogen) atoms. The molecule has 1 aliphatic carbocycles. The van der Waals surface area contributed by atoms with Crippen LogP contribution < -0.4 is 10.4 Å². The molecule has 174 valence electrons. The standard InChI is InChI=1S/C28H20ClFN2O2S/c29-23-16-26-19(15-24(23)30)6-9-20(32-26)8-4-17-3-5-18-7-10-25-21(2-1-12-31-25)28(22(18)14-17)35-13-11-27(33)34/h2-10,12,14-16H,1,11,13H2,(H,33,34)/b8-4+. The zero-order valence-corrected chi connectivity index (χ0v) is 20.1. The van der Waals surface area contributed by atoms with Gasteiger partial charge in [-0.2, -0.15) is 0 Å². The van der Waals surface area contributed by atoms with Crippen LogP contribution in [0, 0.1) is 5.82 Å². The summed E-state index contributed by atoms with van der Waals surface area (Å²) in [5, 5.41) is 12.0. The van der Waals surface area contributed by atoms with E-state index in [9.17, 15) is 9.18 Å². The second kappa shape index (κ2) is 10.0. The third kappa shape index (κ3) is 5.14. The first kappa shape index (κ1) is 23.3. The third-order valence-electron chi connectivity index (χ3n) is 5.68. The summed E-state index contributed by atoms with van der Waals surface area (Å²) >= 11 is 7.47. The highest BCUT2D eigenvalue weighted by atomic mass is 35.5. The number of allylic oxidation sites excluding steroid dienone is 3. The lowest BCUT2D eigenvalue weighted by Gasteiger charge is -2.14. The van der Waals surface area contributed by atoms with Gasteiger partial charge in [-0.25, -0.2) is 9.37 Å². The Morgan fingerprint density at radius 3 is 2.89 bits per heavy atom. The van der Waals surface area contributed by atoms with Crippen molar-refractivity contribution in [2.24, 2.45) is 4.99 Å². The van der Waals surface area contributed by atoms with Gasteiger partial charge in [0.05, 0.1) is 28.4 Å². The van der Waals surface area contributed by atoms with Crippen LogP contribution in [0.15, 0.2) is 70.9 Å². The summed E-state index contributed by atoms with van der Waals surface area (Å²) in [4.78, 5) is 21.3. The maximum Gasteiger partial charge on any atom is 0.304 e. The molecular weight excluding hydrogens is 483 g/mol. The molecule has 1 N–H and O–H groups in total. The Morgan fingerprint density at radius 1 is 1.14 bits per heavy atom. The van der Waals surface area contributed by atoms with Crippen molar-refractivity contribution in [2.75, 3.05) is 5.75 Å². The fourth-order valence-corrected chi connectivity index (χ4v) is 5.29. The van der Waals surface area contributed by atoms with E-state index in [0.29, 0.717) is 16.7 Å². The molecule has 3 aromatic rings. The van der Waals surface area contributed by atoms with Crippen LogP contribution in [0.2, 0.25) is 5.02 Å². The van der Waals surface area contributed by atoms with Crippen LogP contribution in [-0.4, -0.2) is 28.0 Å². The minimum Gasteiger partial charge on any atom is -0.481 e. The van der Waals surface area contributed by atoms with E-state index in [-0.39, 0.29) is 11.4 Å². The molecule has 1 aromatic heterocycles. The molecule has 2 aromatic carbocycles. The minimum atomic E-state index is -0.812. The summed E-state index contributed by atoms with van der Waals surface area (Å²) in [7, 11) is 0. The molecule has 0 amide bonds. The van der Waals surface area contributed by atoms with E-state index in [1.807, 2.05) is 48.7 Å². The average molecular weight is 503 g/mol. The highest BCUT2D eigenvalue weighted by Gasteiger charge is 2.16. The number of halogens is 2. The number of aliphatic imine (C=N–C) groups is 1. The molecule has 0 atom stereocenters. The van der Waals surface area contributed by atoms with Crippen LogP contribution in [0.4, 0.5) is 4.39 Å². The molecule has 2 aliphatic rings. The van der Waals surface area contributed by atoms with Crippen molar-refractivity contribution in [2.45, 2.75) is 12.8 Å². The van der Waals surface area contributed by atoms with Crippen molar-refractivity contribution in [1.29, 1.82) is 0 Å². The van der Waals surface area contributed by atoms with E-state index in [2.05, 4.69) is 28.2 Å². The van der Waals surface area contributed by atoms with E-state index >= 15 is 0 Å². The van der Waals surface area contributed by atoms with Crippen LogP contribution in [0.1, 0.15) is 24.1 Å². The smallest absolute Gasteiger partial charge is 0.304 e. The number of hydrogen-bond donors (Lipinski definition) is 1. The number of carboxylic acid groups (broad SMARTS) is 1. The second-order valence-corrected chi connectivity index (χ2v) is 9.59. The van der Waals surface area contributed by atoms with Crippen LogP contribution in [0.3, 0.4) is 0 Å². The molecule has 1 aliphatic heterocycles. The van der Waals surface area contributed by atoms with Gasteiger partial charge in [0.2, 0.25) is 0 Å². The first-order valence-electron chi connectivity index (χ1n) is 11.1. The Labute approximate surface area is 210 Å². The van der Waals surface area contributed by atoms with Gasteiger partial charge in [0.1, 0.15) is 5.82 Å². The molecule has 7 heteroatoms. The zero-order chi connectivity index (χ0) is 24.4. The van der Waals surface area contributed by atoms with Crippen molar-refractivity contribution < 1.29 is 14.3 Å². The lowest BCUT2D eigenvalue weighted by Crippen LogP contribution is -2.26. The molecule has 0 fully saturated rings. The molecule has 0 radical (unpaired) electrons. The summed E-state index contributed by atoms with van der Waals surface area (Å²) in [6, 6.07) is 12.8. The van der Waals surface area contributed by atoms with E-state index in [4.69, 9.17) is 16.7 Å². The highest BCUT2D eigenvalue weighted by molar-refractivity contribution is 8.08. The normalized spacial score (nSPS) is 14.7. The summed E-state index contributed by atoms with van der Waals surface area (Å²) < 4.78 is 13.7. The van der Waals surface area contributed by atoms with E-state index in [1.54, 1.807) is 11.8 Å². The zero-order valence-electron chi connectivity index (χ0n) is 18.5. The summed E-state index contributed by atoms with van der Waals surface area (Å²) in [6.07, 6.45) is 12.8. The molecule has 0 saturated carbocycles. The second-order valence-electron chi connectivity index (χ2n) is 8.08. The lowest BCUT2D eigenvalue weighted by atomic mass is 10.1. The maximum atomic E-state index is 13.7. The van der Waals surface area contributed by atoms with Crippen LogP contribution in [-0.2, 0) is 4.79 Å². The van der Waals surface area contributed by atoms with Crippen molar-refractivity contribution in [3.8, 4) is 0 Å². The van der Waals surface area contributed by atoms with Gasteiger partial charge in [0, 0.05) is 34.3 Å². The quantitative estimate of drug-likeness (QED) is 0.477. The Morgan fingerprint density at radius 2 is 2.03 bits per heavy atom. The maximum absolute atomic E-state index is 13.7. The molecule has 0 spiro atoms. The van der Waals surface area contributed by atoms with Crippen molar-refractivity contribution in [3.05, 3.63) is 98.4 Å². The van der Waals surface area contributed by atoms with E-state index < -0.39 is 11.8 Å². The molecule has 5 rings (SSSR count).